The van der Waals surface area contributed by atoms with Crippen LogP contribution in [0.15, 0.2) is 46.9 Å². The predicted octanol–water partition coefficient (Wildman–Crippen LogP) is 3.15. The number of aliphatic hydroxyl groups is 1. The summed E-state index contributed by atoms with van der Waals surface area (Å²) in [6.45, 7) is 3.23. The van der Waals surface area contributed by atoms with Gasteiger partial charge in [0.25, 0.3) is 5.70 Å². The molecule has 6 nitrogen and oxygen atoms in total. The second-order valence-electron chi connectivity index (χ2n) is 5.25. The van der Waals surface area contributed by atoms with Crippen molar-refractivity contribution in [2.24, 2.45) is 0 Å². The summed E-state index contributed by atoms with van der Waals surface area (Å²) in [7, 11) is 0. The number of dihydropyridines is 1. The number of rotatable bonds is 5. The molecule has 2 rings (SSSR count). The van der Waals surface area contributed by atoms with Crippen LogP contribution in [0.4, 0.5) is 0 Å². The van der Waals surface area contributed by atoms with Gasteiger partial charge in [0, 0.05) is 16.3 Å². The maximum atomic E-state index is 11.7. The minimum atomic E-state index is -0.749. The molecule has 2 N–H and O–H groups in total. The van der Waals surface area contributed by atoms with E-state index in [1.54, 1.807) is 38.1 Å². The molecule has 8 heteroatoms. The molecule has 1 unspecified atom stereocenters. The SMILES string of the molecule is CC1=C(C(=S)OCCO)C(c2ccccc2Cl)C([N+](=O)[O-])=C(C)N1. The molecule has 24 heavy (non-hydrogen) atoms. The Balaban J connectivity index is 2.62. The van der Waals surface area contributed by atoms with Crippen molar-refractivity contribution in [1.82, 2.24) is 5.32 Å². The lowest BCUT2D eigenvalue weighted by Gasteiger charge is -2.28. The van der Waals surface area contributed by atoms with Crippen LogP contribution < -0.4 is 5.32 Å². The van der Waals surface area contributed by atoms with Gasteiger partial charge in [0.15, 0.2) is 5.05 Å². The fraction of sp³-hybridized carbons (Fsp3) is 0.312. The van der Waals surface area contributed by atoms with Gasteiger partial charge in [0.2, 0.25) is 0 Å². The third-order valence-corrected chi connectivity index (χ3v) is 4.36. The molecule has 1 aliphatic rings. The van der Waals surface area contributed by atoms with Gasteiger partial charge in [-0.2, -0.15) is 0 Å². The number of thiocarbonyl (C=S) groups is 1. The van der Waals surface area contributed by atoms with E-state index in [-0.39, 0.29) is 24.0 Å². The van der Waals surface area contributed by atoms with Crippen LogP contribution in [0.5, 0.6) is 0 Å². The first kappa shape index (κ1) is 18.4. The van der Waals surface area contributed by atoms with Crippen molar-refractivity contribution in [2.75, 3.05) is 13.2 Å². The van der Waals surface area contributed by atoms with Crippen LogP contribution >= 0.6 is 23.8 Å². The third-order valence-electron chi connectivity index (χ3n) is 3.68. The molecular weight excluding hydrogens is 352 g/mol. The Labute approximate surface area is 149 Å². The molecular formula is C16H17ClN2O4S. The summed E-state index contributed by atoms with van der Waals surface area (Å²) in [4.78, 5) is 11.2. The number of nitro groups is 1. The molecule has 0 fully saturated rings. The Bertz CT molecular complexity index is 745. The molecule has 1 aromatic rings. The molecule has 0 bridgehead atoms. The topological polar surface area (TPSA) is 84.6 Å². The molecule has 1 aromatic carbocycles. The Morgan fingerprint density at radius 2 is 2.08 bits per heavy atom. The lowest BCUT2D eigenvalue weighted by atomic mass is 9.84. The number of benzene rings is 1. The first-order valence-electron chi connectivity index (χ1n) is 7.23. The van der Waals surface area contributed by atoms with Gasteiger partial charge in [-0.1, -0.05) is 29.8 Å². The summed E-state index contributed by atoms with van der Waals surface area (Å²) < 4.78 is 5.35. The zero-order chi connectivity index (χ0) is 17.9. The highest BCUT2D eigenvalue weighted by atomic mass is 35.5. The van der Waals surface area contributed by atoms with Crippen molar-refractivity contribution in [1.29, 1.82) is 0 Å². The van der Waals surface area contributed by atoms with Crippen LogP contribution in [-0.4, -0.2) is 28.3 Å². The summed E-state index contributed by atoms with van der Waals surface area (Å²) in [6.07, 6.45) is 0. The van der Waals surface area contributed by atoms with Crippen molar-refractivity contribution in [2.45, 2.75) is 19.8 Å². The first-order chi connectivity index (χ1) is 11.4. The van der Waals surface area contributed by atoms with E-state index in [0.29, 0.717) is 27.6 Å². The fourth-order valence-electron chi connectivity index (χ4n) is 2.72. The number of hydrogen-bond acceptors (Lipinski definition) is 6. The molecule has 0 saturated heterocycles. The van der Waals surface area contributed by atoms with Crippen LogP contribution in [0, 0.1) is 10.1 Å². The highest BCUT2D eigenvalue weighted by molar-refractivity contribution is 7.80. The van der Waals surface area contributed by atoms with Crippen molar-refractivity contribution in [3.8, 4) is 0 Å². The monoisotopic (exact) mass is 368 g/mol. The molecule has 0 saturated carbocycles. The maximum Gasteiger partial charge on any atom is 0.277 e. The number of hydrogen-bond donors (Lipinski definition) is 2. The molecule has 1 atom stereocenters. The van der Waals surface area contributed by atoms with Crippen molar-refractivity contribution in [3.63, 3.8) is 0 Å². The largest absolute Gasteiger partial charge is 0.481 e. The summed E-state index contributed by atoms with van der Waals surface area (Å²) in [5.41, 5.74) is 2.11. The van der Waals surface area contributed by atoms with Gasteiger partial charge >= 0.3 is 0 Å². The van der Waals surface area contributed by atoms with Gasteiger partial charge in [-0.3, -0.25) is 10.1 Å². The molecule has 0 spiro atoms. The maximum absolute atomic E-state index is 11.7. The Hall–Kier alpha value is -1.96. The summed E-state index contributed by atoms with van der Waals surface area (Å²) >= 11 is 11.6. The average Bonchev–Trinajstić information content (AvgIpc) is 2.52. The van der Waals surface area contributed by atoms with Gasteiger partial charge < -0.3 is 15.2 Å². The predicted molar refractivity (Wildman–Crippen MR) is 95.4 cm³/mol. The van der Waals surface area contributed by atoms with E-state index in [1.807, 2.05) is 0 Å². The Kier molecular flexibility index (Phi) is 5.93. The van der Waals surface area contributed by atoms with Crippen molar-refractivity contribution >= 4 is 28.9 Å². The second kappa shape index (κ2) is 7.74. The molecule has 1 heterocycles. The lowest BCUT2D eigenvalue weighted by Crippen LogP contribution is -2.31. The molecule has 0 aromatic heterocycles. The van der Waals surface area contributed by atoms with Crippen LogP contribution in [-0.2, 0) is 4.74 Å². The zero-order valence-electron chi connectivity index (χ0n) is 13.2. The summed E-state index contributed by atoms with van der Waals surface area (Å²) in [5.74, 6) is -0.749. The van der Waals surface area contributed by atoms with Crippen molar-refractivity contribution < 1.29 is 14.8 Å². The Morgan fingerprint density at radius 3 is 2.67 bits per heavy atom. The number of allylic oxidation sites excluding steroid dienone is 3. The van der Waals surface area contributed by atoms with E-state index in [0.717, 1.165) is 0 Å². The number of aliphatic hydroxyl groups excluding tert-OH is 1. The minimum absolute atomic E-state index is 0.0152. The lowest BCUT2D eigenvalue weighted by molar-refractivity contribution is -0.430. The summed E-state index contributed by atoms with van der Waals surface area (Å²) in [5, 5.41) is 24.1. The molecule has 1 aliphatic heterocycles. The van der Waals surface area contributed by atoms with E-state index in [4.69, 9.17) is 33.7 Å². The van der Waals surface area contributed by atoms with Crippen LogP contribution in [0.2, 0.25) is 5.02 Å². The van der Waals surface area contributed by atoms with E-state index in [9.17, 15) is 10.1 Å². The first-order valence-corrected chi connectivity index (χ1v) is 8.02. The number of halogens is 1. The van der Waals surface area contributed by atoms with Gasteiger partial charge in [-0.25, -0.2) is 0 Å². The van der Waals surface area contributed by atoms with E-state index in [1.165, 1.54) is 0 Å². The molecule has 0 amide bonds. The van der Waals surface area contributed by atoms with Gasteiger partial charge in [0.05, 0.1) is 17.2 Å². The number of ether oxygens (including phenoxy) is 1. The summed E-state index contributed by atoms with van der Waals surface area (Å²) in [6, 6.07) is 6.93. The molecule has 128 valence electrons. The normalized spacial score (nSPS) is 17.6. The second-order valence-corrected chi connectivity index (χ2v) is 6.02. The minimum Gasteiger partial charge on any atom is -0.481 e. The number of nitrogens with zero attached hydrogens (tertiary/aromatic N) is 1. The van der Waals surface area contributed by atoms with E-state index < -0.39 is 10.8 Å². The van der Waals surface area contributed by atoms with E-state index >= 15 is 0 Å². The van der Waals surface area contributed by atoms with E-state index in [2.05, 4.69) is 5.32 Å². The Morgan fingerprint density at radius 1 is 1.42 bits per heavy atom. The van der Waals surface area contributed by atoms with Gasteiger partial charge in [0.1, 0.15) is 12.5 Å². The molecule has 0 aliphatic carbocycles. The highest BCUT2D eigenvalue weighted by Gasteiger charge is 2.40. The smallest absolute Gasteiger partial charge is 0.277 e. The fourth-order valence-corrected chi connectivity index (χ4v) is 3.32. The standard InChI is InChI=1S/C16H17ClN2O4S/c1-9-13(16(24)23-8-7-20)14(11-5-3-4-6-12(11)17)15(19(21)22)10(2)18-9/h3-6,14,18,20H,7-8H2,1-2H3. The molecule has 0 radical (unpaired) electrons. The zero-order valence-corrected chi connectivity index (χ0v) is 14.8. The third kappa shape index (κ3) is 3.58. The quantitative estimate of drug-likeness (QED) is 0.472. The van der Waals surface area contributed by atoms with Crippen molar-refractivity contribution in [3.05, 3.63) is 67.6 Å². The van der Waals surface area contributed by atoms with Gasteiger partial charge in [-0.15, -0.1) is 0 Å². The van der Waals surface area contributed by atoms with Crippen LogP contribution in [0.1, 0.15) is 25.3 Å². The van der Waals surface area contributed by atoms with Crippen LogP contribution in [0.3, 0.4) is 0 Å². The van der Waals surface area contributed by atoms with Crippen LogP contribution in [0.25, 0.3) is 0 Å². The van der Waals surface area contributed by atoms with Gasteiger partial charge in [-0.05, 0) is 37.7 Å². The average molecular weight is 369 g/mol. The number of nitrogens with one attached hydrogen (secondary N) is 1. The highest BCUT2D eigenvalue weighted by Crippen LogP contribution is 2.41.